The van der Waals surface area contributed by atoms with Gasteiger partial charge < -0.3 is 25.3 Å². The van der Waals surface area contributed by atoms with E-state index in [0.717, 1.165) is 24.0 Å². The van der Waals surface area contributed by atoms with Crippen LogP contribution in [0.3, 0.4) is 0 Å². The van der Waals surface area contributed by atoms with Crippen LogP contribution in [0.2, 0.25) is 0 Å². The minimum Gasteiger partial charge on any atom is -0.380 e. The highest BCUT2D eigenvalue weighted by molar-refractivity contribution is 5.90. The second-order valence-electron chi connectivity index (χ2n) is 8.37. The van der Waals surface area contributed by atoms with Crippen LogP contribution in [-0.4, -0.2) is 68.7 Å². The van der Waals surface area contributed by atoms with E-state index in [0.29, 0.717) is 38.5 Å². The van der Waals surface area contributed by atoms with Crippen molar-refractivity contribution in [2.24, 2.45) is 5.92 Å². The van der Waals surface area contributed by atoms with Crippen molar-refractivity contribution in [1.29, 1.82) is 5.26 Å². The molecule has 1 fully saturated rings. The lowest BCUT2D eigenvalue weighted by atomic mass is 9.96. The Morgan fingerprint density at radius 1 is 1.09 bits per heavy atom. The minimum atomic E-state index is -1.83. The highest BCUT2D eigenvalue weighted by Gasteiger charge is 2.35. The number of nitriles is 1. The maximum absolute atomic E-state index is 12.6. The Kier molecular flexibility index (Phi) is 6.82. The summed E-state index contributed by atoms with van der Waals surface area (Å²) in [4.78, 5) is 36.7. The molecule has 0 saturated carbocycles. The molecule has 3 heterocycles. The van der Waals surface area contributed by atoms with Gasteiger partial charge in [-0.05, 0) is 29.9 Å². The van der Waals surface area contributed by atoms with E-state index >= 15 is 0 Å². The number of aliphatic hydroxyl groups excluding tert-OH is 2. The average Bonchev–Trinajstić information content (AvgIpc) is 3.30. The largest absolute Gasteiger partial charge is 0.380 e. The molecule has 2 aromatic rings. The zero-order valence-electron chi connectivity index (χ0n) is 18.1. The number of nitrogens with zero attached hydrogens (tertiary/aromatic N) is 5. The van der Waals surface area contributed by atoms with Gasteiger partial charge in [0.25, 0.3) is 11.8 Å². The number of anilines is 1. The van der Waals surface area contributed by atoms with Gasteiger partial charge in [-0.15, -0.1) is 0 Å². The van der Waals surface area contributed by atoms with E-state index in [4.69, 9.17) is 0 Å². The fourth-order valence-electron chi connectivity index (χ4n) is 4.29. The third-order valence-corrected chi connectivity index (χ3v) is 6.24. The maximum atomic E-state index is 12.6. The fraction of sp³-hybridized carbons (Fsp3) is 0.435. The van der Waals surface area contributed by atoms with Crippen molar-refractivity contribution in [3.8, 4) is 6.07 Å². The molecular weight excluding hydrogens is 424 g/mol. The molecule has 4 rings (SSSR count). The van der Waals surface area contributed by atoms with E-state index in [1.165, 1.54) is 11.1 Å². The number of piperidine rings is 1. The van der Waals surface area contributed by atoms with Crippen LogP contribution in [0.15, 0.2) is 36.7 Å². The van der Waals surface area contributed by atoms with Crippen molar-refractivity contribution >= 4 is 17.6 Å². The summed E-state index contributed by atoms with van der Waals surface area (Å²) in [5, 5.41) is 32.4. The van der Waals surface area contributed by atoms with Gasteiger partial charge >= 0.3 is 0 Å². The van der Waals surface area contributed by atoms with Crippen molar-refractivity contribution in [2.45, 2.75) is 38.1 Å². The average molecular weight is 450 g/mol. The summed E-state index contributed by atoms with van der Waals surface area (Å²) in [6.07, 6.45) is 0.895. The number of rotatable bonds is 6. The van der Waals surface area contributed by atoms with E-state index in [2.05, 4.69) is 15.3 Å². The molecule has 0 radical (unpaired) electrons. The standard InChI is InChI=1S/C23H26N6O4/c24-11-18-21(26-8-7-25-18)28-9-5-15(6-10-28)12-27-22(32)19(30)20(31)23(33)29-13-16-3-1-2-4-17(16)14-29/h1-4,7-8,15,19-20,30-31H,5-6,9-10,12-14H2,(H,27,32)/t19-,20-/m1/s1. The number of aliphatic hydroxyl groups is 2. The molecule has 1 saturated heterocycles. The Morgan fingerprint density at radius 2 is 1.73 bits per heavy atom. The van der Waals surface area contributed by atoms with E-state index in [1.807, 2.05) is 35.2 Å². The molecule has 3 N–H and O–H groups in total. The number of carbonyl (C=O) groups is 2. The molecule has 1 aromatic heterocycles. The first kappa shape index (κ1) is 22.6. The topological polar surface area (TPSA) is 143 Å². The van der Waals surface area contributed by atoms with E-state index in [1.54, 1.807) is 6.20 Å². The van der Waals surface area contributed by atoms with Gasteiger partial charge in [0.15, 0.2) is 23.7 Å². The molecule has 2 aliphatic rings. The minimum absolute atomic E-state index is 0.167. The summed E-state index contributed by atoms with van der Waals surface area (Å²) in [6.45, 7) is 2.34. The second kappa shape index (κ2) is 9.94. The van der Waals surface area contributed by atoms with Crippen molar-refractivity contribution in [2.75, 3.05) is 24.5 Å². The summed E-state index contributed by atoms with van der Waals surface area (Å²) in [7, 11) is 0. The molecule has 33 heavy (non-hydrogen) atoms. The smallest absolute Gasteiger partial charge is 0.255 e. The molecule has 0 spiro atoms. The van der Waals surface area contributed by atoms with Crippen LogP contribution < -0.4 is 10.2 Å². The van der Waals surface area contributed by atoms with Crippen LogP contribution in [0.4, 0.5) is 5.82 Å². The van der Waals surface area contributed by atoms with Crippen LogP contribution in [0, 0.1) is 17.2 Å². The van der Waals surface area contributed by atoms with Crippen LogP contribution in [0.25, 0.3) is 0 Å². The molecule has 2 amide bonds. The Balaban J connectivity index is 1.24. The van der Waals surface area contributed by atoms with Crippen LogP contribution in [-0.2, 0) is 22.7 Å². The SMILES string of the molecule is N#Cc1nccnc1N1CCC(CNC(=O)[C@H](O)[C@@H](O)C(=O)N2Cc3ccccc3C2)CC1. The third kappa shape index (κ3) is 4.94. The molecule has 10 nitrogen and oxygen atoms in total. The first-order valence-electron chi connectivity index (χ1n) is 10.9. The number of hydrogen-bond donors (Lipinski definition) is 3. The molecule has 2 atom stereocenters. The number of carbonyl (C=O) groups excluding carboxylic acids is 2. The summed E-state index contributed by atoms with van der Waals surface area (Å²) in [6, 6.07) is 9.63. The first-order chi connectivity index (χ1) is 16.0. The lowest BCUT2D eigenvalue weighted by Gasteiger charge is -2.33. The highest BCUT2D eigenvalue weighted by Crippen LogP contribution is 2.24. The Morgan fingerprint density at radius 3 is 2.36 bits per heavy atom. The highest BCUT2D eigenvalue weighted by atomic mass is 16.3. The monoisotopic (exact) mass is 450 g/mol. The van der Waals surface area contributed by atoms with Crippen molar-refractivity contribution in [3.63, 3.8) is 0 Å². The predicted octanol–water partition coefficient (Wildman–Crippen LogP) is -0.0549. The quantitative estimate of drug-likeness (QED) is 0.556. The number of fused-ring (bicyclic) bond motifs is 1. The van der Waals surface area contributed by atoms with Crippen molar-refractivity contribution < 1.29 is 19.8 Å². The van der Waals surface area contributed by atoms with E-state index < -0.39 is 24.0 Å². The molecule has 0 bridgehead atoms. The maximum Gasteiger partial charge on any atom is 0.255 e. The summed E-state index contributed by atoms with van der Waals surface area (Å²) >= 11 is 0. The molecule has 10 heteroatoms. The molecule has 0 aliphatic carbocycles. The lowest BCUT2D eigenvalue weighted by Crippen LogP contribution is -2.50. The van der Waals surface area contributed by atoms with Crippen LogP contribution >= 0.6 is 0 Å². The molecule has 1 aromatic carbocycles. The summed E-state index contributed by atoms with van der Waals surface area (Å²) in [5.74, 6) is -0.709. The van der Waals surface area contributed by atoms with Gasteiger partial charge in [-0.3, -0.25) is 9.59 Å². The van der Waals surface area contributed by atoms with Gasteiger partial charge in [0.1, 0.15) is 6.07 Å². The van der Waals surface area contributed by atoms with Crippen molar-refractivity contribution in [1.82, 2.24) is 20.2 Å². The number of nitrogens with one attached hydrogen (secondary N) is 1. The number of benzene rings is 1. The zero-order chi connectivity index (χ0) is 23.4. The number of amides is 2. The number of aromatic nitrogens is 2. The second-order valence-corrected chi connectivity index (χ2v) is 8.37. The van der Waals surface area contributed by atoms with Gasteiger partial charge in [-0.2, -0.15) is 5.26 Å². The Hall–Kier alpha value is -3.55. The summed E-state index contributed by atoms with van der Waals surface area (Å²) < 4.78 is 0. The number of hydrogen-bond acceptors (Lipinski definition) is 8. The summed E-state index contributed by atoms with van der Waals surface area (Å²) in [5.41, 5.74) is 2.27. The van der Waals surface area contributed by atoms with Gasteiger partial charge in [0.05, 0.1) is 0 Å². The lowest BCUT2D eigenvalue weighted by molar-refractivity contribution is -0.153. The van der Waals surface area contributed by atoms with Gasteiger partial charge in [-0.1, -0.05) is 24.3 Å². The van der Waals surface area contributed by atoms with Gasteiger partial charge in [0, 0.05) is 45.1 Å². The van der Waals surface area contributed by atoms with Gasteiger partial charge in [-0.25, -0.2) is 9.97 Å². The van der Waals surface area contributed by atoms with Crippen LogP contribution in [0.1, 0.15) is 29.7 Å². The normalized spacial score (nSPS) is 17.7. The molecule has 0 unspecified atom stereocenters. The van der Waals surface area contributed by atoms with Crippen molar-refractivity contribution in [3.05, 3.63) is 53.5 Å². The molecule has 2 aliphatic heterocycles. The fourth-order valence-corrected chi connectivity index (χ4v) is 4.29. The Bertz CT molecular complexity index is 1040. The first-order valence-corrected chi connectivity index (χ1v) is 10.9. The van der Waals surface area contributed by atoms with E-state index in [-0.39, 0.29) is 11.6 Å². The molecular formula is C23H26N6O4. The van der Waals surface area contributed by atoms with Gasteiger partial charge in [0.2, 0.25) is 0 Å². The molecule has 172 valence electrons. The predicted molar refractivity (Wildman–Crippen MR) is 117 cm³/mol. The van der Waals surface area contributed by atoms with E-state index in [9.17, 15) is 25.1 Å². The van der Waals surface area contributed by atoms with Crippen LogP contribution in [0.5, 0.6) is 0 Å². The third-order valence-electron chi connectivity index (χ3n) is 6.24. The Labute approximate surface area is 191 Å². The zero-order valence-corrected chi connectivity index (χ0v) is 18.1.